The van der Waals surface area contributed by atoms with Crippen LogP contribution in [-0.2, 0) is 14.8 Å². The number of nitrogens with one attached hydrogen (secondary N) is 2. The first-order chi connectivity index (χ1) is 14.4. The van der Waals surface area contributed by atoms with Crippen LogP contribution in [0.15, 0.2) is 77.1 Å². The zero-order valence-electron chi connectivity index (χ0n) is 16.3. The predicted octanol–water partition coefficient (Wildman–Crippen LogP) is 2.18. The molecule has 2 heterocycles. The Morgan fingerprint density at radius 2 is 1.97 bits per heavy atom. The van der Waals surface area contributed by atoms with Gasteiger partial charge in [0.1, 0.15) is 5.84 Å². The van der Waals surface area contributed by atoms with E-state index in [1.165, 1.54) is 6.07 Å². The molecule has 3 aromatic rings. The highest BCUT2D eigenvalue weighted by molar-refractivity contribution is 7.90. The van der Waals surface area contributed by atoms with Crippen LogP contribution in [0.25, 0.3) is 5.69 Å². The summed E-state index contributed by atoms with van der Waals surface area (Å²) in [6, 6.07) is 14.3. The molecule has 0 unspecified atom stereocenters. The minimum atomic E-state index is -3.57. The summed E-state index contributed by atoms with van der Waals surface area (Å²) in [7, 11) is -3.57. The summed E-state index contributed by atoms with van der Waals surface area (Å²) < 4.78 is 28.5. The van der Waals surface area contributed by atoms with Crippen molar-refractivity contribution in [2.24, 2.45) is 4.99 Å². The number of carbonyl (C=O) groups excluding carboxylic acids is 1. The van der Waals surface area contributed by atoms with Gasteiger partial charge in [-0.15, -0.1) is 0 Å². The van der Waals surface area contributed by atoms with Crippen molar-refractivity contribution in [2.75, 3.05) is 6.54 Å². The number of carbonyl (C=O) groups is 1. The first-order valence-electron chi connectivity index (χ1n) is 9.48. The summed E-state index contributed by atoms with van der Waals surface area (Å²) in [5.74, 6) is 0.126. The zero-order valence-corrected chi connectivity index (χ0v) is 17.1. The number of benzene rings is 2. The van der Waals surface area contributed by atoms with E-state index in [0.717, 1.165) is 11.3 Å². The lowest BCUT2D eigenvalue weighted by atomic mass is 10.1. The molecule has 8 nitrogen and oxygen atoms in total. The Hall–Kier alpha value is -3.46. The lowest BCUT2D eigenvalue weighted by molar-refractivity contribution is -0.121. The van der Waals surface area contributed by atoms with Crippen LogP contribution in [0.4, 0.5) is 0 Å². The molecule has 0 bridgehead atoms. The Morgan fingerprint density at radius 3 is 2.70 bits per heavy atom. The van der Waals surface area contributed by atoms with Crippen LogP contribution in [0.1, 0.15) is 30.5 Å². The number of sulfonamides is 1. The average molecular weight is 423 g/mol. The fraction of sp³-hybridized carbons (Fsp3) is 0.190. The number of nitrogens with zero attached hydrogens (tertiary/aromatic N) is 3. The molecular weight excluding hydrogens is 402 g/mol. The maximum absolute atomic E-state index is 12.3. The molecule has 1 atom stereocenters. The molecular formula is C21H21N5O3S. The van der Waals surface area contributed by atoms with E-state index >= 15 is 0 Å². The Labute approximate surface area is 174 Å². The number of amidine groups is 1. The first-order valence-corrected chi connectivity index (χ1v) is 11.0. The second-order valence-corrected chi connectivity index (χ2v) is 8.58. The summed E-state index contributed by atoms with van der Waals surface area (Å²) in [6.07, 6.45) is 5.47. The molecule has 0 spiro atoms. The van der Waals surface area contributed by atoms with Gasteiger partial charge in [0.2, 0.25) is 5.91 Å². The SMILES string of the molecule is C[C@H](NC(=O)CCN=C1NS(=O)(=O)c2ccccc21)c1ccc(-n2ccnc2)cc1. The van der Waals surface area contributed by atoms with E-state index in [1.54, 1.807) is 30.7 Å². The van der Waals surface area contributed by atoms with Crippen molar-refractivity contribution < 1.29 is 13.2 Å². The molecule has 1 aromatic heterocycles. The molecule has 2 aromatic carbocycles. The number of fused-ring (bicyclic) bond motifs is 1. The average Bonchev–Trinajstić information content (AvgIpc) is 3.35. The summed E-state index contributed by atoms with van der Waals surface area (Å²) in [5, 5.41) is 2.95. The third kappa shape index (κ3) is 4.11. The van der Waals surface area contributed by atoms with Crippen LogP contribution in [0, 0.1) is 0 Å². The summed E-state index contributed by atoms with van der Waals surface area (Å²) in [6.45, 7) is 2.10. The minimum Gasteiger partial charge on any atom is -0.350 e. The van der Waals surface area contributed by atoms with Crippen molar-refractivity contribution in [1.82, 2.24) is 19.6 Å². The number of aromatic nitrogens is 2. The van der Waals surface area contributed by atoms with E-state index in [9.17, 15) is 13.2 Å². The van der Waals surface area contributed by atoms with Crippen molar-refractivity contribution in [1.29, 1.82) is 0 Å². The van der Waals surface area contributed by atoms with Gasteiger partial charge in [0.15, 0.2) is 0 Å². The largest absolute Gasteiger partial charge is 0.350 e. The monoisotopic (exact) mass is 423 g/mol. The summed E-state index contributed by atoms with van der Waals surface area (Å²) >= 11 is 0. The van der Waals surface area contributed by atoms with Crippen LogP contribution in [0.2, 0.25) is 0 Å². The van der Waals surface area contributed by atoms with E-state index in [4.69, 9.17) is 0 Å². The lowest BCUT2D eigenvalue weighted by Crippen LogP contribution is -2.27. The third-order valence-corrected chi connectivity index (χ3v) is 6.24. The van der Waals surface area contributed by atoms with E-state index in [0.29, 0.717) is 5.56 Å². The van der Waals surface area contributed by atoms with Gasteiger partial charge in [-0.05, 0) is 36.8 Å². The molecule has 1 aliphatic heterocycles. The van der Waals surface area contributed by atoms with Crippen LogP contribution < -0.4 is 10.0 Å². The molecule has 30 heavy (non-hydrogen) atoms. The highest BCUT2D eigenvalue weighted by Crippen LogP contribution is 2.22. The van der Waals surface area contributed by atoms with Gasteiger partial charge in [0.25, 0.3) is 10.0 Å². The van der Waals surface area contributed by atoms with Crippen molar-refractivity contribution in [3.63, 3.8) is 0 Å². The zero-order chi connectivity index (χ0) is 21.1. The van der Waals surface area contributed by atoms with Crippen LogP contribution >= 0.6 is 0 Å². The van der Waals surface area contributed by atoms with E-state index < -0.39 is 10.0 Å². The highest BCUT2D eigenvalue weighted by atomic mass is 32.2. The Bertz CT molecular complexity index is 1190. The number of imidazole rings is 1. The molecule has 2 N–H and O–H groups in total. The van der Waals surface area contributed by atoms with Crippen LogP contribution in [0.3, 0.4) is 0 Å². The number of hydrogen-bond acceptors (Lipinski definition) is 5. The summed E-state index contributed by atoms with van der Waals surface area (Å²) in [4.78, 5) is 20.8. The molecule has 4 rings (SSSR count). The van der Waals surface area contributed by atoms with Gasteiger partial charge in [0.05, 0.1) is 23.8 Å². The molecule has 9 heteroatoms. The second kappa shape index (κ2) is 8.11. The van der Waals surface area contributed by atoms with Crippen LogP contribution in [-0.4, -0.2) is 36.3 Å². The van der Waals surface area contributed by atoms with Crippen molar-refractivity contribution in [3.8, 4) is 5.69 Å². The van der Waals surface area contributed by atoms with Crippen LogP contribution in [0.5, 0.6) is 0 Å². The molecule has 1 amide bonds. The van der Waals surface area contributed by atoms with E-state index in [-0.39, 0.29) is 35.6 Å². The third-order valence-electron chi connectivity index (χ3n) is 4.84. The Kier molecular flexibility index (Phi) is 5.37. The number of hydrogen-bond donors (Lipinski definition) is 2. The molecule has 1 aliphatic rings. The number of rotatable bonds is 6. The predicted molar refractivity (Wildman–Crippen MR) is 113 cm³/mol. The van der Waals surface area contributed by atoms with Crippen molar-refractivity contribution >= 4 is 21.8 Å². The molecule has 0 saturated heterocycles. The fourth-order valence-electron chi connectivity index (χ4n) is 3.26. The number of aliphatic imine (C=N–C) groups is 1. The highest BCUT2D eigenvalue weighted by Gasteiger charge is 2.29. The lowest BCUT2D eigenvalue weighted by Gasteiger charge is -2.15. The van der Waals surface area contributed by atoms with Gasteiger partial charge >= 0.3 is 0 Å². The van der Waals surface area contributed by atoms with Gasteiger partial charge in [-0.3, -0.25) is 14.5 Å². The molecule has 154 valence electrons. The Balaban J connectivity index is 1.34. The normalized spacial score (nSPS) is 16.6. The summed E-state index contributed by atoms with van der Waals surface area (Å²) in [5.41, 5.74) is 2.50. The van der Waals surface area contributed by atoms with Crippen molar-refractivity contribution in [3.05, 3.63) is 78.4 Å². The standard InChI is InChI=1S/C21H21N5O3S/c1-15(16-6-8-17(9-7-16)26-13-12-22-14-26)24-20(27)10-11-23-21-18-4-2-3-5-19(18)30(28,29)25-21/h2-9,12-15H,10-11H2,1H3,(H,23,25)(H,24,27)/t15-/m0/s1. The van der Waals surface area contributed by atoms with E-state index in [2.05, 4.69) is 20.0 Å². The van der Waals surface area contributed by atoms with Gasteiger partial charge in [-0.2, -0.15) is 0 Å². The first kappa shape index (κ1) is 19.8. The van der Waals surface area contributed by atoms with E-state index in [1.807, 2.05) is 42.0 Å². The fourth-order valence-corrected chi connectivity index (χ4v) is 4.52. The van der Waals surface area contributed by atoms with Gasteiger partial charge in [-0.25, -0.2) is 13.4 Å². The van der Waals surface area contributed by atoms with Gasteiger partial charge < -0.3 is 9.88 Å². The van der Waals surface area contributed by atoms with Crippen molar-refractivity contribution in [2.45, 2.75) is 24.3 Å². The molecule has 0 aliphatic carbocycles. The quantitative estimate of drug-likeness (QED) is 0.634. The van der Waals surface area contributed by atoms with Gasteiger partial charge in [0, 0.05) is 30.1 Å². The smallest absolute Gasteiger partial charge is 0.263 e. The molecule has 0 fully saturated rings. The van der Waals surface area contributed by atoms with Gasteiger partial charge in [-0.1, -0.05) is 24.3 Å². The maximum atomic E-state index is 12.3. The molecule has 0 saturated carbocycles. The second-order valence-electron chi connectivity index (χ2n) is 6.93. The Morgan fingerprint density at radius 1 is 1.20 bits per heavy atom. The molecule has 0 radical (unpaired) electrons. The minimum absolute atomic E-state index is 0.153. The topological polar surface area (TPSA) is 105 Å². The number of amides is 1. The maximum Gasteiger partial charge on any atom is 0.263 e.